The molecule has 8 heteroatoms. The summed E-state index contributed by atoms with van der Waals surface area (Å²) in [5.41, 5.74) is 0.852. The van der Waals surface area contributed by atoms with E-state index < -0.39 is 17.9 Å². The number of amides is 2. The predicted octanol–water partition coefficient (Wildman–Crippen LogP) is 2.45. The van der Waals surface area contributed by atoms with Crippen LogP contribution < -0.4 is 5.32 Å². The molecule has 1 heterocycles. The van der Waals surface area contributed by atoms with Crippen molar-refractivity contribution in [2.45, 2.75) is 45.3 Å². The third kappa shape index (κ3) is 5.29. The largest absolute Gasteiger partial charge is 0.463 e. The minimum atomic E-state index is -0.659. The van der Waals surface area contributed by atoms with Crippen molar-refractivity contribution < 1.29 is 19.1 Å². The van der Waals surface area contributed by atoms with Gasteiger partial charge in [-0.1, -0.05) is 29.8 Å². The Kier molecular flexibility index (Phi) is 6.74. The van der Waals surface area contributed by atoms with Crippen molar-refractivity contribution in [3.63, 3.8) is 0 Å². The highest BCUT2D eigenvalue weighted by atomic mass is 35.5. The smallest absolute Gasteiger partial charge is 0.308 e. The average Bonchev–Trinajstić information content (AvgIpc) is 2.56. The van der Waals surface area contributed by atoms with E-state index in [-0.39, 0.29) is 37.0 Å². The van der Waals surface area contributed by atoms with E-state index in [4.69, 9.17) is 16.3 Å². The molecule has 0 aliphatic carbocycles. The van der Waals surface area contributed by atoms with Gasteiger partial charge in [-0.25, -0.2) is 5.01 Å². The van der Waals surface area contributed by atoms with Crippen LogP contribution >= 0.6 is 11.6 Å². The van der Waals surface area contributed by atoms with Gasteiger partial charge in [-0.3, -0.25) is 14.4 Å². The second-order valence-corrected chi connectivity index (χ2v) is 6.66. The first-order valence-electron chi connectivity index (χ1n) is 8.36. The number of rotatable bonds is 6. The molecule has 0 saturated heterocycles. The zero-order valence-corrected chi connectivity index (χ0v) is 15.7. The van der Waals surface area contributed by atoms with Crippen molar-refractivity contribution in [1.29, 1.82) is 0 Å². The molecular weight excluding hydrogens is 358 g/mol. The fraction of sp³-hybridized carbons (Fsp3) is 0.444. The van der Waals surface area contributed by atoms with Gasteiger partial charge in [0.05, 0.1) is 18.6 Å². The van der Waals surface area contributed by atoms with Crippen LogP contribution in [0.4, 0.5) is 0 Å². The Balaban J connectivity index is 2.20. The van der Waals surface area contributed by atoms with E-state index in [2.05, 4.69) is 10.4 Å². The molecule has 2 rings (SSSR count). The minimum absolute atomic E-state index is 0.0598. The molecule has 26 heavy (non-hydrogen) atoms. The molecule has 1 aliphatic heterocycles. The summed E-state index contributed by atoms with van der Waals surface area (Å²) in [4.78, 5) is 36.2. The molecule has 0 fully saturated rings. The monoisotopic (exact) mass is 379 g/mol. The van der Waals surface area contributed by atoms with Gasteiger partial charge in [0.2, 0.25) is 5.91 Å². The summed E-state index contributed by atoms with van der Waals surface area (Å²) in [5, 5.41) is 8.38. The Morgan fingerprint density at radius 1 is 1.31 bits per heavy atom. The maximum absolute atomic E-state index is 12.6. The molecular formula is C18H22ClN3O4. The molecule has 1 atom stereocenters. The molecule has 0 unspecified atom stereocenters. The standard InChI is InChI=1S/C18H22ClN3O4/c1-11(2)26-17(24)10-15(12-6-4-5-7-13(12)19)20-18(25)14-8-9-16(23)22(3)21-14/h4-7,11,15H,8-10H2,1-3H3,(H,20,25)/t15-/m1/s1. The third-order valence-corrected chi connectivity index (χ3v) is 4.14. The lowest BCUT2D eigenvalue weighted by Crippen LogP contribution is -2.40. The highest BCUT2D eigenvalue weighted by Gasteiger charge is 2.27. The number of carbonyl (C=O) groups excluding carboxylic acids is 3. The number of ether oxygens (including phenoxy) is 1. The average molecular weight is 380 g/mol. The fourth-order valence-electron chi connectivity index (χ4n) is 2.55. The molecule has 0 saturated carbocycles. The molecule has 0 aromatic heterocycles. The van der Waals surface area contributed by atoms with Gasteiger partial charge >= 0.3 is 5.97 Å². The van der Waals surface area contributed by atoms with Gasteiger partial charge in [-0.2, -0.15) is 5.10 Å². The summed E-state index contributed by atoms with van der Waals surface area (Å²) in [6, 6.07) is 6.32. The number of nitrogens with one attached hydrogen (secondary N) is 1. The number of benzene rings is 1. The van der Waals surface area contributed by atoms with Crippen LogP contribution in [-0.2, 0) is 19.1 Å². The fourth-order valence-corrected chi connectivity index (χ4v) is 2.82. The van der Waals surface area contributed by atoms with Crippen LogP contribution in [0.25, 0.3) is 0 Å². The second-order valence-electron chi connectivity index (χ2n) is 6.25. The quantitative estimate of drug-likeness (QED) is 0.769. The van der Waals surface area contributed by atoms with Gasteiger partial charge in [0.1, 0.15) is 5.71 Å². The van der Waals surface area contributed by atoms with E-state index in [1.165, 1.54) is 7.05 Å². The van der Waals surface area contributed by atoms with Crippen LogP contribution in [0.1, 0.15) is 44.7 Å². The molecule has 1 aliphatic rings. The van der Waals surface area contributed by atoms with Crippen molar-refractivity contribution in [3.8, 4) is 0 Å². The number of hydrogen-bond donors (Lipinski definition) is 1. The van der Waals surface area contributed by atoms with Crippen molar-refractivity contribution in [1.82, 2.24) is 10.3 Å². The van der Waals surface area contributed by atoms with Crippen LogP contribution in [0.2, 0.25) is 5.02 Å². The lowest BCUT2D eigenvalue weighted by Gasteiger charge is -2.23. The minimum Gasteiger partial charge on any atom is -0.463 e. The third-order valence-electron chi connectivity index (χ3n) is 3.79. The van der Waals surface area contributed by atoms with Crippen molar-refractivity contribution in [3.05, 3.63) is 34.9 Å². The first-order valence-corrected chi connectivity index (χ1v) is 8.74. The topological polar surface area (TPSA) is 88.1 Å². The molecule has 2 amide bonds. The molecule has 1 aromatic carbocycles. The van der Waals surface area contributed by atoms with Crippen LogP contribution in [-0.4, -0.2) is 41.7 Å². The maximum atomic E-state index is 12.6. The summed E-state index contributed by atoms with van der Waals surface area (Å²) in [6.07, 6.45) is 0.151. The van der Waals surface area contributed by atoms with E-state index in [0.29, 0.717) is 10.6 Å². The summed E-state index contributed by atoms with van der Waals surface area (Å²) in [7, 11) is 1.50. The van der Waals surface area contributed by atoms with Crippen LogP contribution in [0.5, 0.6) is 0 Å². The molecule has 0 radical (unpaired) electrons. The van der Waals surface area contributed by atoms with Gasteiger partial charge in [0.25, 0.3) is 5.91 Å². The summed E-state index contributed by atoms with van der Waals surface area (Å²) in [5.74, 6) is -1.03. The molecule has 0 bridgehead atoms. The van der Waals surface area contributed by atoms with Gasteiger partial charge < -0.3 is 10.1 Å². The maximum Gasteiger partial charge on any atom is 0.308 e. The summed E-state index contributed by atoms with van der Waals surface area (Å²) >= 11 is 6.23. The number of hydrazone groups is 1. The number of hydrogen-bond acceptors (Lipinski definition) is 5. The van der Waals surface area contributed by atoms with Crippen molar-refractivity contribution in [2.24, 2.45) is 5.10 Å². The van der Waals surface area contributed by atoms with Crippen molar-refractivity contribution >= 4 is 35.1 Å². The lowest BCUT2D eigenvalue weighted by molar-refractivity contribution is -0.148. The van der Waals surface area contributed by atoms with Gasteiger partial charge in [0.15, 0.2) is 0 Å². The molecule has 1 N–H and O–H groups in total. The number of nitrogens with zero attached hydrogens (tertiary/aromatic N) is 2. The highest BCUT2D eigenvalue weighted by molar-refractivity contribution is 6.39. The van der Waals surface area contributed by atoms with Crippen LogP contribution in [0.3, 0.4) is 0 Å². The van der Waals surface area contributed by atoms with Gasteiger partial charge in [0, 0.05) is 24.9 Å². The Morgan fingerprint density at radius 3 is 2.62 bits per heavy atom. The zero-order chi connectivity index (χ0) is 19.3. The Morgan fingerprint density at radius 2 is 2.00 bits per heavy atom. The predicted molar refractivity (Wildman–Crippen MR) is 97.6 cm³/mol. The second kappa shape index (κ2) is 8.80. The lowest BCUT2D eigenvalue weighted by atomic mass is 10.0. The summed E-state index contributed by atoms with van der Waals surface area (Å²) < 4.78 is 5.18. The molecule has 0 spiro atoms. The number of halogens is 1. The first kappa shape index (κ1) is 19.9. The Labute approximate surface area is 157 Å². The van der Waals surface area contributed by atoms with E-state index in [1.807, 2.05) is 0 Å². The van der Waals surface area contributed by atoms with Gasteiger partial charge in [-0.15, -0.1) is 0 Å². The SMILES string of the molecule is CC(C)OC(=O)C[C@@H](NC(=O)C1=NN(C)C(=O)CC1)c1ccccc1Cl. The number of esters is 1. The van der Waals surface area contributed by atoms with E-state index >= 15 is 0 Å². The summed E-state index contributed by atoms with van der Waals surface area (Å²) in [6.45, 7) is 3.51. The van der Waals surface area contributed by atoms with E-state index in [0.717, 1.165) is 5.01 Å². The van der Waals surface area contributed by atoms with Crippen LogP contribution in [0.15, 0.2) is 29.4 Å². The number of carbonyl (C=O) groups is 3. The van der Waals surface area contributed by atoms with Crippen molar-refractivity contribution in [2.75, 3.05) is 7.05 Å². The highest BCUT2D eigenvalue weighted by Crippen LogP contribution is 2.26. The Hall–Kier alpha value is -2.41. The molecule has 7 nitrogen and oxygen atoms in total. The Bertz CT molecular complexity index is 733. The first-order chi connectivity index (χ1) is 12.3. The van der Waals surface area contributed by atoms with Gasteiger partial charge in [-0.05, 0) is 25.5 Å². The zero-order valence-electron chi connectivity index (χ0n) is 15.0. The van der Waals surface area contributed by atoms with E-state index in [1.54, 1.807) is 38.1 Å². The van der Waals surface area contributed by atoms with E-state index in [9.17, 15) is 14.4 Å². The molecule has 140 valence electrons. The normalized spacial score (nSPS) is 15.5. The molecule has 1 aromatic rings. The van der Waals surface area contributed by atoms with Crippen LogP contribution in [0, 0.1) is 0 Å².